The van der Waals surface area contributed by atoms with Crippen molar-refractivity contribution in [1.82, 2.24) is 10.6 Å². The third-order valence-electron chi connectivity index (χ3n) is 3.72. The van der Waals surface area contributed by atoms with Crippen LogP contribution >= 0.6 is 11.3 Å². The van der Waals surface area contributed by atoms with E-state index < -0.39 is 9.84 Å². The van der Waals surface area contributed by atoms with Crippen molar-refractivity contribution in [3.8, 4) is 5.75 Å². The lowest BCUT2D eigenvalue weighted by molar-refractivity contribution is 0.321. The third kappa shape index (κ3) is 7.22. The quantitative estimate of drug-likeness (QED) is 0.378. The number of nitrogens with one attached hydrogen (secondary N) is 2. The van der Waals surface area contributed by atoms with Crippen LogP contribution in [0, 0.1) is 0 Å². The van der Waals surface area contributed by atoms with Crippen molar-refractivity contribution in [3.05, 3.63) is 46.2 Å². The molecule has 1 heterocycles. The number of aryl methyl sites for hydroxylation is 1. The number of hydrogen-bond acceptors (Lipinski definition) is 5. The first-order valence-electron chi connectivity index (χ1n) is 8.95. The smallest absolute Gasteiger partial charge is 0.191 e. The van der Waals surface area contributed by atoms with Crippen LogP contribution < -0.4 is 15.4 Å². The summed E-state index contributed by atoms with van der Waals surface area (Å²) >= 11 is 1.79. The molecule has 0 amide bonds. The number of thiophene rings is 1. The molecule has 0 bridgehead atoms. The fourth-order valence-corrected chi connectivity index (χ4v) is 3.83. The molecule has 1 aromatic heterocycles. The first kappa shape index (κ1) is 21.2. The predicted octanol–water partition coefficient (Wildman–Crippen LogP) is 2.85. The van der Waals surface area contributed by atoms with Crippen molar-refractivity contribution in [2.75, 3.05) is 26.0 Å². The van der Waals surface area contributed by atoms with Crippen molar-refractivity contribution < 1.29 is 13.2 Å². The molecule has 0 aliphatic rings. The molecule has 0 unspecified atom stereocenters. The van der Waals surface area contributed by atoms with E-state index in [0.29, 0.717) is 25.4 Å². The monoisotopic (exact) mass is 409 g/mol. The second-order valence-corrected chi connectivity index (χ2v) is 9.20. The standard InChI is InChI=1S/C19H27N3O3S2/c1-4-16-8-9-17(26-16)14-22-19(20-5-2)21-12-13-25-15-6-10-18(11-7-15)27(3,23)24/h6-11H,4-5,12-14H2,1-3H3,(H2,20,21,22). The molecule has 0 atom stereocenters. The van der Waals surface area contributed by atoms with Crippen molar-refractivity contribution in [2.45, 2.75) is 31.7 Å². The molecule has 27 heavy (non-hydrogen) atoms. The van der Waals surface area contributed by atoms with Crippen molar-refractivity contribution in [3.63, 3.8) is 0 Å². The number of ether oxygens (including phenoxy) is 1. The second kappa shape index (κ2) is 10.3. The maximum Gasteiger partial charge on any atom is 0.191 e. The first-order chi connectivity index (χ1) is 12.9. The predicted molar refractivity (Wildman–Crippen MR) is 112 cm³/mol. The zero-order valence-corrected chi connectivity index (χ0v) is 17.6. The minimum absolute atomic E-state index is 0.286. The first-order valence-corrected chi connectivity index (χ1v) is 11.7. The highest BCUT2D eigenvalue weighted by Crippen LogP contribution is 2.17. The Morgan fingerprint density at radius 3 is 2.37 bits per heavy atom. The Kier molecular flexibility index (Phi) is 8.12. The molecule has 0 spiro atoms. The maximum atomic E-state index is 11.5. The third-order valence-corrected chi connectivity index (χ3v) is 6.06. The van der Waals surface area contributed by atoms with Gasteiger partial charge in [-0.2, -0.15) is 0 Å². The minimum atomic E-state index is -3.18. The molecular formula is C19H27N3O3S2. The molecule has 8 heteroatoms. The second-order valence-electron chi connectivity index (χ2n) is 5.94. The molecule has 0 fully saturated rings. The average molecular weight is 410 g/mol. The van der Waals surface area contributed by atoms with E-state index >= 15 is 0 Å². The van der Waals surface area contributed by atoms with E-state index in [0.717, 1.165) is 18.9 Å². The van der Waals surface area contributed by atoms with Gasteiger partial charge in [-0.15, -0.1) is 11.3 Å². The molecule has 2 rings (SSSR count). The van der Waals surface area contributed by atoms with Crippen LogP contribution in [0.4, 0.5) is 0 Å². The molecule has 148 valence electrons. The van der Waals surface area contributed by atoms with Crippen LogP contribution in [0.5, 0.6) is 5.75 Å². The Bertz CT molecular complexity index is 843. The van der Waals surface area contributed by atoms with Gasteiger partial charge in [0, 0.05) is 22.6 Å². The van der Waals surface area contributed by atoms with Gasteiger partial charge in [0.2, 0.25) is 0 Å². The Hall–Kier alpha value is -2.06. The van der Waals surface area contributed by atoms with Gasteiger partial charge >= 0.3 is 0 Å². The summed E-state index contributed by atoms with van der Waals surface area (Å²) in [5.74, 6) is 1.39. The highest BCUT2D eigenvalue weighted by molar-refractivity contribution is 7.90. The Labute approximate surface area is 165 Å². The van der Waals surface area contributed by atoms with E-state index in [9.17, 15) is 8.42 Å². The van der Waals surface area contributed by atoms with Crippen molar-refractivity contribution in [2.24, 2.45) is 4.99 Å². The molecule has 2 N–H and O–H groups in total. The number of hydrogen-bond donors (Lipinski definition) is 2. The minimum Gasteiger partial charge on any atom is -0.492 e. The number of sulfone groups is 1. The van der Waals surface area contributed by atoms with Gasteiger partial charge in [0.05, 0.1) is 18.0 Å². The molecule has 2 aromatic rings. The highest BCUT2D eigenvalue weighted by atomic mass is 32.2. The van der Waals surface area contributed by atoms with Crippen LogP contribution in [0.3, 0.4) is 0 Å². The van der Waals surface area contributed by atoms with E-state index in [1.54, 1.807) is 35.6 Å². The van der Waals surface area contributed by atoms with Crippen LogP contribution in [0.1, 0.15) is 23.6 Å². The van der Waals surface area contributed by atoms with E-state index in [-0.39, 0.29) is 4.90 Å². The van der Waals surface area contributed by atoms with E-state index in [4.69, 9.17) is 4.74 Å². The van der Waals surface area contributed by atoms with Gasteiger partial charge in [-0.05, 0) is 49.7 Å². The molecular weight excluding hydrogens is 382 g/mol. The summed E-state index contributed by atoms with van der Waals surface area (Å²) in [6.45, 7) is 6.64. The molecule has 0 saturated heterocycles. The largest absolute Gasteiger partial charge is 0.492 e. The normalized spacial score (nSPS) is 12.0. The van der Waals surface area contributed by atoms with Crippen LogP contribution in [0.25, 0.3) is 0 Å². The molecule has 1 aromatic carbocycles. The molecule has 0 aliphatic heterocycles. The summed E-state index contributed by atoms with van der Waals surface area (Å²) in [6, 6.07) is 10.7. The van der Waals surface area contributed by atoms with Gasteiger partial charge in [-0.25, -0.2) is 13.4 Å². The molecule has 0 saturated carbocycles. The SMILES string of the molecule is CCNC(=NCc1ccc(CC)s1)NCCOc1ccc(S(C)(=O)=O)cc1. The fourth-order valence-electron chi connectivity index (χ4n) is 2.32. The summed E-state index contributed by atoms with van der Waals surface area (Å²) in [6.07, 6.45) is 2.24. The van der Waals surface area contributed by atoms with Crippen LogP contribution in [-0.4, -0.2) is 40.3 Å². The number of rotatable bonds is 9. The topological polar surface area (TPSA) is 79.8 Å². The maximum absolute atomic E-state index is 11.5. The Balaban J connectivity index is 1.80. The van der Waals surface area contributed by atoms with E-state index in [1.807, 2.05) is 6.92 Å². The fraction of sp³-hybridized carbons (Fsp3) is 0.421. The lowest BCUT2D eigenvalue weighted by atomic mass is 10.3. The number of benzene rings is 1. The summed E-state index contributed by atoms with van der Waals surface area (Å²) < 4.78 is 28.6. The summed E-state index contributed by atoms with van der Waals surface area (Å²) in [7, 11) is -3.18. The molecule has 6 nitrogen and oxygen atoms in total. The van der Waals surface area contributed by atoms with Crippen molar-refractivity contribution >= 4 is 27.1 Å². The van der Waals surface area contributed by atoms with Crippen molar-refractivity contribution in [1.29, 1.82) is 0 Å². The number of nitrogens with zero attached hydrogens (tertiary/aromatic N) is 1. The zero-order chi connectivity index (χ0) is 19.7. The summed E-state index contributed by atoms with van der Waals surface area (Å²) in [4.78, 5) is 7.49. The van der Waals surface area contributed by atoms with E-state index in [2.05, 4.69) is 34.7 Å². The zero-order valence-electron chi connectivity index (χ0n) is 16.0. The van der Waals surface area contributed by atoms with Crippen LogP contribution in [-0.2, 0) is 22.8 Å². The highest BCUT2D eigenvalue weighted by Gasteiger charge is 2.06. The Morgan fingerprint density at radius 2 is 1.78 bits per heavy atom. The van der Waals surface area contributed by atoms with Crippen LogP contribution in [0.2, 0.25) is 0 Å². The van der Waals surface area contributed by atoms with Gasteiger partial charge in [0.15, 0.2) is 15.8 Å². The number of aliphatic imine (C=N–C) groups is 1. The van der Waals surface area contributed by atoms with Gasteiger partial charge in [-0.1, -0.05) is 6.92 Å². The van der Waals surface area contributed by atoms with Gasteiger partial charge in [-0.3, -0.25) is 0 Å². The van der Waals surface area contributed by atoms with E-state index in [1.165, 1.54) is 16.0 Å². The van der Waals surface area contributed by atoms with Gasteiger partial charge in [0.1, 0.15) is 12.4 Å². The lowest BCUT2D eigenvalue weighted by Crippen LogP contribution is -2.39. The molecule has 0 aliphatic carbocycles. The average Bonchev–Trinajstić information content (AvgIpc) is 3.11. The lowest BCUT2D eigenvalue weighted by Gasteiger charge is -2.12. The Morgan fingerprint density at radius 1 is 1.07 bits per heavy atom. The van der Waals surface area contributed by atoms with Gasteiger partial charge in [0.25, 0.3) is 0 Å². The number of guanidine groups is 1. The summed E-state index contributed by atoms with van der Waals surface area (Å²) in [5, 5.41) is 6.46. The van der Waals surface area contributed by atoms with Crippen LogP contribution in [0.15, 0.2) is 46.3 Å². The summed E-state index contributed by atoms with van der Waals surface area (Å²) in [5.41, 5.74) is 0. The molecule has 0 radical (unpaired) electrons. The van der Waals surface area contributed by atoms with Gasteiger partial charge < -0.3 is 15.4 Å².